The molecule has 1 fully saturated rings. The van der Waals surface area contributed by atoms with Crippen LogP contribution in [-0.4, -0.2) is 36.3 Å². The van der Waals surface area contributed by atoms with Crippen molar-refractivity contribution in [3.63, 3.8) is 0 Å². The second kappa shape index (κ2) is 5.84. The molecular formula is C9H19NOS. The molecule has 1 rings (SSSR count). The summed E-state index contributed by atoms with van der Waals surface area (Å²) in [6.45, 7) is 1.44. The SMILES string of the molecule is CSCCNC1CCCC1CO. The standard InChI is InChI=1S/C9H19NOS/c1-12-6-5-10-9-4-2-3-8(9)7-11/h8-11H,2-7H2,1H3. The molecule has 3 heteroatoms. The van der Waals surface area contributed by atoms with Crippen LogP contribution in [0.3, 0.4) is 0 Å². The van der Waals surface area contributed by atoms with Gasteiger partial charge in [0.1, 0.15) is 0 Å². The van der Waals surface area contributed by atoms with Crippen molar-refractivity contribution in [1.82, 2.24) is 5.32 Å². The molecule has 0 aromatic carbocycles. The largest absolute Gasteiger partial charge is 0.396 e. The Balaban J connectivity index is 2.12. The summed E-state index contributed by atoms with van der Waals surface area (Å²) in [4.78, 5) is 0. The Bertz CT molecular complexity index is 121. The van der Waals surface area contributed by atoms with Gasteiger partial charge in [0, 0.05) is 24.9 Å². The fourth-order valence-electron chi connectivity index (χ4n) is 1.87. The second-order valence-electron chi connectivity index (χ2n) is 3.43. The molecule has 2 N–H and O–H groups in total. The molecule has 72 valence electrons. The Morgan fingerprint density at radius 2 is 2.33 bits per heavy atom. The first-order chi connectivity index (χ1) is 5.88. The summed E-state index contributed by atoms with van der Waals surface area (Å²) in [6.07, 6.45) is 5.86. The number of hydrogen-bond acceptors (Lipinski definition) is 3. The normalized spacial score (nSPS) is 29.5. The van der Waals surface area contributed by atoms with Crippen LogP contribution in [0.1, 0.15) is 19.3 Å². The molecule has 0 amide bonds. The van der Waals surface area contributed by atoms with Crippen molar-refractivity contribution >= 4 is 11.8 Å². The molecule has 12 heavy (non-hydrogen) atoms. The summed E-state index contributed by atoms with van der Waals surface area (Å²) < 4.78 is 0. The topological polar surface area (TPSA) is 32.3 Å². The lowest BCUT2D eigenvalue weighted by Gasteiger charge is -2.18. The highest BCUT2D eigenvalue weighted by molar-refractivity contribution is 7.98. The van der Waals surface area contributed by atoms with Crippen LogP contribution in [-0.2, 0) is 0 Å². The summed E-state index contributed by atoms with van der Waals surface area (Å²) in [5.41, 5.74) is 0. The minimum Gasteiger partial charge on any atom is -0.396 e. The third kappa shape index (κ3) is 2.96. The fourth-order valence-corrected chi connectivity index (χ4v) is 2.19. The number of aliphatic hydroxyl groups is 1. The highest BCUT2D eigenvalue weighted by atomic mass is 32.2. The summed E-state index contributed by atoms with van der Waals surface area (Å²) in [5, 5.41) is 12.6. The molecule has 0 aromatic rings. The molecule has 1 aliphatic rings. The lowest BCUT2D eigenvalue weighted by molar-refractivity contribution is 0.206. The molecule has 0 radical (unpaired) electrons. The molecule has 2 unspecified atom stereocenters. The van der Waals surface area contributed by atoms with Crippen LogP contribution < -0.4 is 5.32 Å². The number of aliphatic hydroxyl groups excluding tert-OH is 1. The number of nitrogens with one attached hydrogen (secondary N) is 1. The van der Waals surface area contributed by atoms with Crippen LogP contribution in [0.15, 0.2) is 0 Å². The van der Waals surface area contributed by atoms with E-state index in [0.717, 1.165) is 6.54 Å². The van der Waals surface area contributed by atoms with E-state index in [-0.39, 0.29) is 0 Å². The molecule has 2 nitrogen and oxygen atoms in total. The van der Waals surface area contributed by atoms with E-state index in [2.05, 4.69) is 11.6 Å². The van der Waals surface area contributed by atoms with Crippen molar-refractivity contribution < 1.29 is 5.11 Å². The van der Waals surface area contributed by atoms with E-state index in [1.165, 1.54) is 25.0 Å². The molecular weight excluding hydrogens is 170 g/mol. The predicted octanol–water partition coefficient (Wildman–Crippen LogP) is 1.10. The monoisotopic (exact) mass is 189 g/mol. The van der Waals surface area contributed by atoms with Crippen LogP contribution in [0.25, 0.3) is 0 Å². The predicted molar refractivity (Wildman–Crippen MR) is 54.6 cm³/mol. The molecule has 0 heterocycles. The van der Waals surface area contributed by atoms with Gasteiger partial charge in [-0.25, -0.2) is 0 Å². The fraction of sp³-hybridized carbons (Fsp3) is 1.00. The molecule has 1 saturated carbocycles. The maximum Gasteiger partial charge on any atom is 0.0474 e. The molecule has 0 saturated heterocycles. The first-order valence-corrected chi connectivity index (χ1v) is 6.11. The molecule has 0 spiro atoms. The van der Waals surface area contributed by atoms with Gasteiger partial charge >= 0.3 is 0 Å². The van der Waals surface area contributed by atoms with Crippen molar-refractivity contribution in [3.05, 3.63) is 0 Å². The van der Waals surface area contributed by atoms with Crippen molar-refractivity contribution in [2.75, 3.05) is 25.2 Å². The van der Waals surface area contributed by atoms with Gasteiger partial charge in [-0.05, 0) is 25.0 Å². The first kappa shape index (κ1) is 10.4. The highest BCUT2D eigenvalue weighted by Crippen LogP contribution is 2.24. The van der Waals surface area contributed by atoms with E-state index >= 15 is 0 Å². The number of thioether (sulfide) groups is 1. The van der Waals surface area contributed by atoms with Crippen LogP contribution in [0.4, 0.5) is 0 Å². The molecule has 1 aliphatic carbocycles. The van der Waals surface area contributed by atoms with Crippen molar-refractivity contribution in [2.45, 2.75) is 25.3 Å². The lowest BCUT2D eigenvalue weighted by atomic mass is 10.1. The Kier molecular flexibility index (Phi) is 5.04. The van der Waals surface area contributed by atoms with Crippen molar-refractivity contribution in [2.24, 2.45) is 5.92 Å². The number of rotatable bonds is 5. The summed E-state index contributed by atoms with van der Waals surface area (Å²) in [6, 6.07) is 0.585. The number of hydrogen-bond donors (Lipinski definition) is 2. The van der Waals surface area contributed by atoms with Crippen molar-refractivity contribution in [3.8, 4) is 0 Å². The minimum atomic E-state index is 0.358. The second-order valence-corrected chi connectivity index (χ2v) is 4.41. The molecule has 0 aliphatic heterocycles. The van der Waals surface area contributed by atoms with E-state index in [0.29, 0.717) is 18.6 Å². The van der Waals surface area contributed by atoms with E-state index < -0.39 is 0 Å². The smallest absolute Gasteiger partial charge is 0.0474 e. The quantitative estimate of drug-likeness (QED) is 0.635. The van der Waals surface area contributed by atoms with E-state index in [9.17, 15) is 0 Å². The van der Waals surface area contributed by atoms with Gasteiger partial charge in [-0.3, -0.25) is 0 Å². The van der Waals surface area contributed by atoms with Gasteiger partial charge in [-0.1, -0.05) is 6.42 Å². The Morgan fingerprint density at radius 1 is 1.50 bits per heavy atom. The third-order valence-corrected chi connectivity index (χ3v) is 3.22. The van der Waals surface area contributed by atoms with E-state index in [1.807, 2.05) is 11.8 Å². The summed E-state index contributed by atoms with van der Waals surface area (Å²) in [5.74, 6) is 1.70. The van der Waals surface area contributed by atoms with Crippen LogP contribution >= 0.6 is 11.8 Å². The molecule has 0 aromatic heterocycles. The lowest BCUT2D eigenvalue weighted by Crippen LogP contribution is -2.35. The van der Waals surface area contributed by atoms with Gasteiger partial charge in [0.2, 0.25) is 0 Å². The van der Waals surface area contributed by atoms with Gasteiger partial charge in [0.05, 0.1) is 0 Å². The highest BCUT2D eigenvalue weighted by Gasteiger charge is 2.25. The summed E-state index contributed by atoms with van der Waals surface area (Å²) in [7, 11) is 0. The van der Waals surface area contributed by atoms with Crippen LogP contribution in [0, 0.1) is 5.92 Å². The zero-order valence-corrected chi connectivity index (χ0v) is 8.57. The van der Waals surface area contributed by atoms with Gasteiger partial charge in [-0.15, -0.1) is 0 Å². The Morgan fingerprint density at radius 3 is 3.00 bits per heavy atom. The average Bonchev–Trinajstić information content (AvgIpc) is 2.52. The van der Waals surface area contributed by atoms with Gasteiger partial charge < -0.3 is 10.4 Å². The zero-order chi connectivity index (χ0) is 8.81. The Hall–Kier alpha value is 0.270. The van der Waals surface area contributed by atoms with E-state index in [1.54, 1.807) is 0 Å². The minimum absolute atomic E-state index is 0.358. The molecule has 2 atom stereocenters. The molecule has 0 bridgehead atoms. The maximum absolute atomic E-state index is 9.05. The van der Waals surface area contributed by atoms with Crippen LogP contribution in [0.2, 0.25) is 0 Å². The van der Waals surface area contributed by atoms with E-state index in [4.69, 9.17) is 5.11 Å². The van der Waals surface area contributed by atoms with Crippen molar-refractivity contribution in [1.29, 1.82) is 0 Å². The van der Waals surface area contributed by atoms with Gasteiger partial charge in [0.25, 0.3) is 0 Å². The van der Waals surface area contributed by atoms with Crippen LogP contribution in [0.5, 0.6) is 0 Å². The third-order valence-electron chi connectivity index (χ3n) is 2.61. The average molecular weight is 189 g/mol. The zero-order valence-electron chi connectivity index (χ0n) is 7.75. The maximum atomic E-state index is 9.05. The van der Waals surface area contributed by atoms with Gasteiger partial charge in [-0.2, -0.15) is 11.8 Å². The summed E-state index contributed by atoms with van der Waals surface area (Å²) >= 11 is 1.87. The first-order valence-electron chi connectivity index (χ1n) is 4.71. The van der Waals surface area contributed by atoms with Gasteiger partial charge in [0.15, 0.2) is 0 Å². The Labute approximate surface area is 79.1 Å².